The minimum atomic E-state index is -1.88. The highest BCUT2D eigenvalue weighted by Gasteiger charge is 2.54. The number of fused-ring (bicyclic) bond motifs is 1. The molecule has 0 spiro atoms. The highest BCUT2D eigenvalue weighted by molar-refractivity contribution is 6.83. The topological polar surface area (TPSA) is 115 Å². The van der Waals surface area contributed by atoms with Gasteiger partial charge in [0.25, 0.3) is 0 Å². The number of carbonyl (C=O) groups excluding carboxylic acids is 3. The van der Waals surface area contributed by atoms with Crippen LogP contribution in [-0.2, 0) is 21.6 Å². The van der Waals surface area contributed by atoms with E-state index < -0.39 is 30.8 Å². The van der Waals surface area contributed by atoms with Crippen molar-refractivity contribution >= 4 is 49.2 Å². The molecule has 10 nitrogen and oxygen atoms in total. The van der Waals surface area contributed by atoms with Crippen molar-refractivity contribution < 1.29 is 23.9 Å². The molecule has 1 aromatic carbocycles. The van der Waals surface area contributed by atoms with E-state index in [1.54, 1.807) is 30.0 Å². The largest absolute Gasteiger partial charge is 0.495 e. The van der Waals surface area contributed by atoms with Gasteiger partial charge in [-0.1, -0.05) is 43.7 Å². The van der Waals surface area contributed by atoms with E-state index in [4.69, 9.17) is 21.1 Å². The van der Waals surface area contributed by atoms with Crippen LogP contribution in [0.1, 0.15) is 51.3 Å². The zero-order valence-corrected chi connectivity index (χ0v) is 24.8. The van der Waals surface area contributed by atoms with E-state index in [-0.39, 0.29) is 24.9 Å². The number of hydrogen-bond donors (Lipinski definition) is 2. The molecule has 206 valence electrons. The van der Waals surface area contributed by atoms with Gasteiger partial charge in [0.15, 0.2) is 0 Å². The van der Waals surface area contributed by atoms with Crippen molar-refractivity contribution in [3.8, 4) is 5.75 Å². The SMILES string of the molecule is CCOC(=O)n1nc2c(c1NC(=O)C1([Si](C)(C)C)CCC1)CN(C(=O)Nc1c(Cl)cccc1OC)C2(C)C. The summed E-state index contributed by atoms with van der Waals surface area (Å²) in [6.45, 7) is 12.2. The first-order valence-electron chi connectivity index (χ1n) is 12.8. The number of ether oxygens (including phenoxy) is 2. The second-order valence-electron chi connectivity index (χ2n) is 11.3. The van der Waals surface area contributed by atoms with Crippen LogP contribution in [0, 0.1) is 0 Å². The van der Waals surface area contributed by atoms with E-state index >= 15 is 0 Å². The van der Waals surface area contributed by atoms with Crippen LogP contribution in [0.15, 0.2) is 18.2 Å². The third-order valence-corrected chi connectivity index (χ3v) is 11.9. The van der Waals surface area contributed by atoms with E-state index in [1.165, 1.54) is 7.11 Å². The zero-order valence-electron chi connectivity index (χ0n) is 23.0. The zero-order chi connectivity index (χ0) is 28.0. The number of anilines is 2. The van der Waals surface area contributed by atoms with Gasteiger partial charge in [0.05, 0.1) is 44.6 Å². The number of benzene rings is 1. The first kappa shape index (κ1) is 28.0. The summed E-state index contributed by atoms with van der Waals surface area (Å²) in [7, 11) is -0.381. The van der Waals surface area contributed by atoms with E-state index in [0.29, 0.717) is 27.7 Å². The van der Waals surface area contributed by atoms with Crippen molar-refractivity contribution in [2.24, 2.45) is 0 Å². The molecule has 0 atom stereocenters. The Bertz CT molecular complexity index is 1280. The average Bonchev–Trinajstić information content (AvgIpc) is 3.28. The molecule has 2 heterocycles. The second-order valence-corrected chi connectivity index (χ2v) is 17.2. The molecule has 1 aliphatic carbocycles. The maximum atomic E-state index is 13.7. The molecule has 1 saturated carbocycles. The Labute approximate surface area is 229 Å². The van der Waals surface area contributed by atoms with Crippen LogP contribution < -0.4 is 15.4 Å². The molecule has 38 heavy (non-hydrogen) atoms. The average molecular weight is 562 g/mol. The number of methoxy groups -OCH3 is 1. The van der Waals surface area contributed by atoms with Crippen LogP contribution in [0.5, 0.6) is 5.75 Å². The third kappa shape index (κ3) is 4.45. The number of nitrogens with zero attached hydrogens (tertiary/aromatic N) is 3. The van der Waals surface area contributed by atoms with Crippen LogP contribution in [0.2, 0.25) is 29.7 Å². The molecule has 2 N–H and O–H groups in total. The van der Waals surface area contributed by atoms with Gasteiger partial charge < -0.3 is 25.0 Å². The molecule has 1 aromatic heterocycles. The maximum Gasteiger partial charge on any atom is 0.436 e. The van der Waals surface area contributed by atoms with Crippen molar-refractivity contribution in [1.29, 1.82) is 0 Å². The fourth-order valence-electron chi connectivity index (χ4n) is 5.39. The van der Waals surface area contributed by atoms with Gasteiger partial charge in [-0.15, -0.1) is 4.68 Å². The van der Waals surface area contributed by atoms with E-state index in [9.17, 15) is 14.4 Å². The normalized spacial score (nSPS) is 17.3. The molecule has 2 aromatic rings. The lowest BCUT2D eigenvalue weighted by molar-refractivity contribution is -0.121. The molecule has 0 saturated heterocycles. The predicted molar refractivity (Wildman–Crippen MR) is 149 cm³/mol. The number of amides is 3. The lowest BCUT2D eigenvalue weighted by Gasteiger charge is -2.48. The molecule has 4 rings (SSSR count). The number of carbonyl (C=O) groups is 3. The number of halogens is 1. The van der Waals surface area contributed by atoms with Crippen LogP contribution >= 0.6 is 11.6 Å². The van der Waals surface area contributed by atoms with Gasteiger partial charge in [-0.2, -0.15) is 5.10 Å². The number of para-hydroxylation sites is 1. The second kappa shape index (κ2) is 9.92. The molecule has 0 unspecified atom stereocenters. The Morgan fingerprint density at radius 2 is 1.84 bits per heavy atom. The maximum absolute atomic E-state index is 13.7. The first-order valence-corrected chi connectivity index (χ1v) is 16.7. The summed E-state index contributed by atoms with van der Waals surface area (Å²) in [6.07, 6.45) is 1.97. The minimum absolute atomic E-state index is 0.0994. The Morgan fingerprint density at radius 3 is 2.39 bits per heavy atom. The Kier molecular flexibility index (Phi) is 7.30. The molecule has 3 amide bonds. The minimum Gasteiger partial charge on any atom is -0.495 e. The molecule has 0 radical (unpaired) electrons. The van der Waals surface area contributed by atoms with Gasteiger partial charge in [-0.3, -0.25) is 4.79 Å². The first-order chi connectivity index (χ1) is 17.8. The number of urea groups is 1. The van der Waals surface area contributed by atoms with Gasteiger partial charge in [0, 0.05) is 10.6 Å². The number of rotatable bonds is 6. The van der Waals surface area contributed by atoms with Crippen LogP contribution in [0.25, 0.3) is 0 Å². The summed E-state index contributed by atoms with van der Waals surface area (Å²) in [6, 6.07) is 4.68. The highest BCUT2D eigenvalue weighted by Crippen LogP contribution is 2.56. The predicted octanol–water partition coefficient (Wildman–Crippen LogP) is 6.03. The summed E-state index contributed by atoms with van der Waals surface area (Å²) in [4.78, 5) is 41.7. The number of nitrogens with one attached hydrogen (secondary N) is 2. The monoisotopic (exact) mass is 561 g/mol. The summed E-state index contributed by atoms with van der Waals surface area (Å²) < 4.78 is 11.7. The Balaban J connectivity index is 1.70. The number of aromatic nitrogens is 2. The van der Waals surface area contributed by atoms with Gasteiger partial charge in [0.1, 0.15) is 17.3 Å². The molecule has 1 aliphatic heterocycles. The molecule has 0 bridgehead atoms. The van der Waals surface area contributed by atoms with E-state index in [2.05, 4.69) is 35.4 Å². The van der Waals surface area contributed by atoms with Gasteiger partial charge in [-0.05, 0) is 45.7 Å². The van der Waals surface area contributed by atoms with Crippen LogP contribution in [0.4, 0.5) is 21.1 Å². The quantitative estimate of drug-likeness (QED) is 0.416. The van der Waals surface area contributed by atoms with E-state index in [0.717, 1.165) is 23.9 Å². The molecular weight excluding hydrogens is 526 g/mol. The van der Waals surface area contributed by atoms with Gasteiger partial charge in [-0.25, -0.2) is 9.59 Å². The lowest BCUT2D eigenvalue weighted by Crippen LogP contribution is -2.52. The molecule has 12 heteroatoms. The van der Waals surface area contributed by atoms with Crippen molar-refractivity contribution in [3.05, 3.63) is 34.5 Å². The van der Waals surface area contributed by atoms with Gasteiger partial charge in [0.2, 0.25) is 5.91 Å². The fraction of sp³-hybridized carbons (Fsp3) is 0.538. The summed E-state index contributed by atoms with van der Waals surface area (Å²) in [5.41, 5.74) is 0.563. The highest BCUT2D eigenvalue weighted by atomic mass is 35.5. The lowest BCUT2D eigenvalue weighted by atomic mass is 9.83. The van der Waals surface area contributed by atoms with Crippen LogP contribution in [0.3, 0.4) is 0 Å². The molecule has 1 fully saturated rings. The summed E-state index contributed by atoms with van der Waals surface area (Å²) in [5.74, 6) is 0.586. The Morgan fingerprint density at radius 1 is 1.16 bits per heavy atom. The Hall–Kier alpha value is -3.05. The van der Waals surface area contributed by atoms with Crippen molar-refractivity contribution in [3.63, 3.8) is 0 Å². The van der Waals surface area contributed by atoms with Crippen molar-refractivity contribution in [1.82, 2.24) is 14.7 Å². The third-order valence-electron chi connectivity index (χ3n) is 7.98. The van der Waals surface area contributed by atoms with Crippen molar-refractivity contribution in [2.75, 3.05) is 24.4 Å². The smallest absolute Gasteiger partial charge is 0.436 e. The van der Waals surface area contributed by atoms with Crippen LogP contribution in [-0.4, -0.2) is 54.5 Å². The summed E-state index contributed by atoms with van der Waals surface area (Å²) in [5, 5.41) is 10.4. The number of hydrogen-bond acceptors (Lipinski definition) is 6. The molecule has 2 aliphatic rings. The van der Waals surface area contributed by atoms with E-state index in [1.807, 2.05) is 13.8 Å². The van der Waals surface area contributed by atoms with Gasteiger partial charge >= 0.3 is 12.1 Å². The molecular formula is C26H36ClN5O5Si. The summed E-state index contributed by atoms with van der Waals surface area (Å²) >= 11 is 6.34. The fourth-order valence-corrected chi connectivity index (χ4v) is 8.20. The van der Waals surface area contributed by atoms with Crippen molar-refractivity contribution in [2.45, 2.75) is 76.8 Å². The standard InChI is InChI=1S/C26H36ClN5O5Si/c1-8-37-24(35)32-21(29-22(33)26(13-10-14-26)38(5,6)7)16-15-31(25(2,3)20(16)30-32)23(34)28-19-17(27)11-9-12-18(19)36-4/h9,11-12H,8,10,13-15H2,1-7H3,(H,28,34)(H,29,33).